The van der Waals surface area contributed by atoms with Crippen LogP contribution in [0.2, 0.25) is 0 Å². The van der Waals surface area contributed by atoms with Gasteiger partial charge in [0, 0.05) is 32.5 Å². The van der Waals surface area contributed by atoms with Gasteiger partial charge in [0.2, 0.25) is 11.8 Å². The molecule has 0 aromatic carbocycles. The van der Waals surface area contributed by atoms with Gasteiger partial charge in [-0.05, 0) is 25.7 Å². The SMILES string of the molecule is CCC(C)NC(=O)CCN(CCC(C)C)C(C)=O. The molecule has 1 unspecified atom stereocenters. The lowest BCUT2D eigenvalue weighted by Gasteiger charge is -2.22. The van der Waals surface area contributed by atoms with Gasteiger partial charge in [-0.3, -0.25) is 9.59 Å². The van der Waals surface area contributed by atoms with Crippen molar-refractivity contribution in [2.45, 2.75) is 59.9 Å². The first kappa shape index (κ1) is 16.9. The molecule has 0 aliphatic rings. The molecular weight excluding hydrogens is 228 g/mol. The first-order chi connectivity index (χ1) is 8.36. The van der Waals surface area contributed by atoms with Crippen LogP contribution in [-0.4, -0.2) is 35.8 Å². The van der Waals surface area contributed by atoms with Crippen molar-refractivity contribution in [3.05, 3.63) is 0 Å². The topological polar surface area (TPSA) is 49.4 Å². The van der Waals surface area contributed by atoms with E-state index in [0.29, 0.717) is 18.9 Å². The molecule has 0 fully saturated rings. The molecule has 106 valence electrons. The summed E-state index contributed by atoms with van der Waals surface area (Å²) in [4.78, 5) is 24.8. The van der Waals surface area contributed by atoms with E-state index >= 15 is 0 Å². The van der Waals surface area contributed by atoms with Crippen LogP contribution in [0.1, 0.15) is 53.9 Å². The van der Waals surface area contributed by atoms with Gasteiger partial charge in [-0.25, -0.2) is 0 Å². The molecule has 0 aromatic heterocycles. The number of rotatable bonds is 8. The lowest BCUT2D eigenvalue weighted by molar-refractivity contribution is -0.130. The molecule has 0 saturated heterocycles. The average molecular weight is 256 g/mol. The van der Waals surface area contributed by atoms with Crippen LogP contribution in [0, 0.1) is 5.92 Å². The third-order valence-corrected chi connectivity index (χ3v) is 3.05. The van der Waals surface area contributed by atoms with Gasteiger partial charge in [0.1, 0.15) is 0 Å². The monoisotopic (exact) mass is 256 g/mol. The smallest absolute Gasteiger partial charge is 0.221 e. The number of nitrogens with one attached hydrogen (secondary N) is 1. The minimum atomic E-state index is 0.0279. The third kappa shape index (κ3) is 8.09. The minimum absolute atomic E-state index is 0.0279. The Bertz CT molecular complexity index is 265. The summed E-state index contributed by atoms with van der Waals surface area (Å²) >= 11 is 0. The summed E-state index contributed by atoms with van der Waals surface area (Å²) < 4.78 is 0. The second kappa shape index (κ2) is 8.95. The lowest BCUT2D eigenvalue weighted by Crippen LogP contribution is -2.37. The molecular formula is C14H28N2O2. The number of carbonyl (C=O) groups is 2. The summed E-state index contributed by atoms with van der Waals surface area (Å²) in [5, 5.41) is 2.91. The summed E-state index contributed by atoms with van der Waals surface area (Å²) in [7, 11) is 0. The van der Waals surface area contributed by atoms with Crippen molar-refractivity contribution in [3.63, 3.8) is 0 Å². The van der Waals surface area contributed by atoms with Crippen molar-refractivity contribution in [3.8, 4) is 0 Å². The van der Waals surface area contributed by atoms with Crippen LogP contribution in [-0.2, 0) is 9.59 Å². The zero-order chi connectivity index (χ0) is 14.1. The maximum absolute atomic E-state index is 11.6. The molecule has 0 spiro atoms. The van der Waals surface area contributed by atoms with Crippen LogP contribution in [0.3, 0.4) is 0 Å². The van der Waals surface area contributed by atoms with Crippen LogP contribution in [0.15, 0.2) is 0 Å². The standard InChI is InChI=1S/C14H28N2O2/c1-6-12(4)15-14(18)8-10-16(13(5)17)9-7-11(2)3/h11-12H,6-10H2,1-5H3,(H,15,18). The Kier molecular flexibility index (Phi) is 8.42. The number of amides is 2. The Morgan fingerprint density at radius 3 is 2.22 bits per heavy atom. The molecule has 4 heteroatoms. The summed E-state index contributed by atoms with van der Waals surface area (Å²) in [6, 6.07) is 0.207. The largest absolute Gasteiger partial charge is 0.354 e. The van der Waals surface area contributed by atoms with Gasteiger partial charge in [-0.2, -0.15) is 0 Å². The van der Waals surface area contributed by atoms with Crippen LogP contribution in [0.25, 0.3) is 0 Å². The first-order valence-electron chi connectivity index (χ1n) is 6.91. The van der Waals surface area contributed by atoms with Crippen LogP contribution in [0.5, 0.6) is 0 Å². The molecule has 0 heterocycles. The zero-order valence-electron chi connectivity index (χ0n) is 12.5. The minimum Gasteiger partial charge on any atom is -0.354 e. The molecule has 0 aliphatic carbocycles. The van der Waals surface area contributed by atoms with E-state index < -0.39 is 0 Å². The van der Waals surface area contributed by atoms with Crippen molar-refractivity contribution < 1.29 is 9.59 Å². The fourth-order valence-corrected chi connectivity index (χ4v) is 1.53. The molecule has 0 radical (unpaired) electrons. The Labute approximate surface area is 111 Å². The van der Waals surface area contributed by atoms with Crippen molar-refractivity contribution in [1.29, 1.82) is 0 Å². The highest BCUT2D eigenvalue weighted by Gasteiger charge is 2.12. The van der Waals surface area contributed by atoms with Gasteiger partial charge in [0.25, 0.3) is 0 Å². The second-order valence-corrected chi connectivity index (χ2v) is 5.32. The quantitative estimate of drug-likeness (QED) is 0.723. The highest BCUT2D eigenvalue weighted by atomic mass is 16.2. The Morgan fingerprint density at radius 2 is 1.78 bits per heavy atom. The predicted octanol–water partition coefficient (Wildman–Crippen LogP) is 2.19. The number of nitrogens with zero attached hydrogens (tertiary/aromatic N) is 1. The van der Waals surface area contributed by atoms with Gasteiger partial charge in [0.05, 0.1) is 0 Å². The zero-order valence-corrected chi connectivity index (χ0v) is 12.5. The van der Waals surface area contributed by atoms with E-state index in [1.165, 1.54) is 0 Å². The van der Waals surface area contributed by atoms with E-state index in [1.54, 1.807) is 11.8 Å². The van der Waals surface area contributed by atoms with Crippen molar-refractivity contribution in [2.75, 3.05) is 13.1 Å². The molecule has 2 amide bonds. The maximum atomic E-state index is 11.6. The fourth-order valence-electron chi connectivity index (χ4n) is 1.53. The molecule has 0 aliphatic heterocycles. The Morgan fingerprint density at radius 1 is 1.17 bits per heavy atom. The molecule has 18 heavy (non-hydrogen) atoms. The van der Waals surface area contributed by atoms with Crippen LogP contribution in [0.4, 0.5) is 0 Å². The molecule has 0 bridgehead atoms. The van der Waals surface area contributed by atoms with E-state index in [1.807, 2.05) is 13.8 Å². The predicted molar refractivity (Wildman–Crippen MR) is 74.2 cm³/mol. The normalized spacial score (nSPS) is 12.3. The van der Waals surface area contributed by atoms with Crippen molar-refractivity contribution in [2.24, 2.45) is 5.92 Å². The van der Waals surface area contributed by atoms with Crippen molar-refractivity contribution >= 4 is 11.8 Å². The molecule has 1 atom stereocenters. The first-order valence-corrected chi connectivity index (χ1v) is 6.91. The van der Waals surface area contributed by atoms with E-state index in [4.69, 9.17) is 0 Å². The molecule has 0 aromatic rings. The van der Waals surface area contributed by atoms with Gasteiger partial charge >= 0.3 is 0 Å². The van der Waals surface area contributed by atoms with E-state index in [2.05, 4.69) is 19.2 Å². The number of carbonyl (C=O) groups excluding carboxylic acids is 2. The molecule has 4 nitrogen and oxygen atoms in total. The average Bonchev–Trinajstić information content (AvgIpc) is 2.27. The van der Waals surface area contributed by atoms with E-state index in [-0.39, 0.29) is 17.9 Å². The summed E-state index contributed by atoms with van der Waals surface area (Å²) in [5.74, 6) is 0.646. The number of hydrogen-bond donors (Lipinski definition) is 1. The molecule has 0 saturated carbocycles. The Balaban J connectivity index is 4.03. The van der Waals surface area contributed by atoms with Crippen LogP contribution < -0.4 is 5.32 Å². The van der Waals surface area contributed by atoms with Gasteiger partial charge < -0.3 is 10.2 Å². The fraction of sp³-hybridized carbons (Fsp3) is 0.857. The highest BCUT2D eigenvalue weighted by Crippen LogP contribution is 2.03. The summed E-state index contributed by atoms with van der Waals surface area (Å²) in [5.41, 5.74) is 0. The third-order valence-electron chi connectivity index (χ3n) is 3.05. The van der Waals surface area contributed by atoms with E-state index in [0.717, 1.165) is 19.4 Å². The summed E-state index contributed by atoms with van der Waals surface area (Å²) in [6.45, 7) is 11.1. The molecule has 1 N–H and O–H groups in total. The summed E-state index contributed by atoms with van der Waals surface area (Å²) in [6.07, 6.45) is 2.30. The van der Waals surface area contributed by atoms with Gasteiger partial charge in [-0.15, -0.1) is 0 Å². The number of hydrogen-bond acceptors (Lipinski definition) is 2. The maximum Gasteiger partial charge on any atom is 0.221 e. The Hall–Kier alpha value is -1.06. The second-order valence-electron chi connectivity index (χ2n) is 5.32. The lowest BCUT2D eigenvalue weighted by atomic mass is 10.1. The van der Waals surface area contributed by atoms with Crippen LogP contribution >= 0.6 is 0 Å². The highest BCUT2D eigenvalue weighted by molar-refractivity contribution is 5.78. The van der Waals surface area contributed by atoms with E-state index in [9.17, 15) is 9.59 Å². The van der Waals surface area contributed by atoms with Gasteiger partial charge in [0.15, 0.2) is 0 Å². The van der Waals surface area contributed by atoms with Gasteiger partial charge in [-0.1, -0.05) is 20.8 Å². The van der Waals surface area contributed by atoms with Crippen molar-refractivity contribution in [1.82, 2.24) is 10.2 Å². The molecule has 0 rings (SSSR count).